The Morgan fingerprint density at radius 3 is 2.30 bits per heavy atom. The van der Waals surface area contributed by atoms with Crippen molar-refractivity contribution in [3.05, 3.63) is 35.4 Å². The van der Waals surface area contributed by atoms with E-state index in [9.17, 15) is 5.11 Å². The average Bonchev–Trinajstić information content (AvgIpc) is 2.38. The van der Waals surface area contributed by atoms with Crippen LogP contribution >= 0.6 is 11.8 Å². The van der Waals surface area contributed by atoms with Crippen LogP contribution in [-0.4, -0.2) is 29.2 Å². The highest BCUT2D eigenvalue weighted by atomic mass is 32.2. The van der Waals surface area contributed by atoms with Gasteiger partial charge >= 0.3 is 0 Å². The van der Waals surface area contributed by atoms with E-state index >= 15 is 0 Å². The van der Waals surface area contributed by atoms with Crippen LogP contribution in [0.1, 0.15) is 44.9 Å². The molecule has 0 bridgehead atoms. The highest BCUT2D eigenvalue weighted by Crippen LogP contribution is 2.20. The number of aliphatic hydroxyl groups is 1. The van der Waals surface area contributed by atoms with E-state index in [1.54, 1.807) is 0 Å². The van der Waals surface area contributed by atoms with Gasteiger partial charge in [-0.15, -0.1) is 0 Å². The van der Waals surface area contributed by atoms with Gasteiger partial charge in [0, 0.05) is 17.8 Å². The van der Waals surface area contributed by atoms with Crippen LogP contribution < -0.4 is 5.32 Å². The Morgan fingerprint density at radius 2 is 1.80 bits per heavy atom. The molecule has 0 aliphatic carbocycles. The van der Waals surface area contributed by atoms with Gasteiger partial charge in [-0.25, -0.2) is 0 Å². The van der Waals surface area contributed by atoms with E-state index in [1.165, 1.54) is 5.56 Å². The maximum absolute atomic E-state index is 10.2. The van der Waals surface area contributed by atoms with E-state index in [1.807, 2.05) is 23.9 Å². The van der Waals surface area contributed by atoms with Crippen LogP contribution in [0.5, 0.6) is 0 Å². The lowest BCUT2D eigenvalue weighted by Crippen LogP contribution is -2.34. The van der Waals surface area contributed by atoms with Gasteiger partial charge in [-0.3, -0.25) is 0 Å². The van der Waals surface area contributed by atoms with E-state index in [2.05, 4.69) is 51.4 Å². The van der Waals surface area contributed by atoms with Crippen LogP contribution in [0, 0.1) is 5.92 Å². The molecule has 114 valence electrons. The van der Waals surface area contributed by atoms with Gasteiger partial charge in [-0.1, -0.05) is 38.1 Å². The summed E-state index contributed by atoms with van der Waals surface area (Å²) in [5, 5.41) is 13.5. The second-order valence-electron chi connectivity index (χ2n) is 6.45. The first-order valence-electron chi connectivity index (χ1n) is 7.37. The van der Waals surface area contributed by atoms with Gasteiger partial charge in [0.05, 0.1) is 6.10 Å². The molecule has 0 radical (unpaired) electrons. The number of thioether (sulfide) groups is 1. The molecule has 1 aromatic rings. The summed E-state index contributed by atoms with van der Waals surface area (Å²) in [6, 6.07) is 8.35. The topological polar surface area (TPSA) is 32.3 Å². The standard InChI is InChI=1S/C17H29NOS/c1-13(2)10-14-6-8-15(9-7-14)16(19)11-18-12-17(3,4)20-5/h6-9,13,16,18-19H,10-12H2,1-5H3. The molecule has 0 fully saturated rings. The molecule has 1 aromatic carbocycles. The van der Waals surface area contributed by atoms with Crippen molar-refractivity contribution in [3.8, 4) is 0 Å². The fourth-order valence-corrected chi connectivity index (χ4v) is 2.29. The molecular formula is C17H29NOS. The Kier molecular flexibility index (Phi) is 7.07. The zero-order valence-electron chi connectivity index (χ0n) is 13.4. The lowest BCUT2D eigenvalue weighted by Gasteiger charge is -2.23. The molecule has 2 N–H and O–H groups in total. The van der Waals surface area contributed by atoms with Crippen molar-refractivity contribution in [1.82, 2.24) is 5.32 Å². The number of hydrogen-bond donors (Lipinski definition) is 2. The SMILES string of the molecule is CSC(C)(C)CNCC(O)c1ccc(CC(C)C)cc1. The first-order valence-corrected chi connectivity index (χ1v) is 8.59. The van der Waals surface area contributed by atoms with E-state index < -0.39 is 6.10 Å². The molecule has 2 nitrogen and oxygen atoms in total. The third-order valence-electron chi connectivity index (χ3n) is 3.45. The molecule has 1 atom stereocenters. The molecule has 0 aliphatic rings. The summed E-state index contributed by atoms with van der Waals surface area (Å²) in [6.07, 6.45) is 2.78. The molecule has 0 aromatic heterocycles. The minimum atomic E-state index is -0.430. The third-order valence-corrected chi connectivity index (χ3v) is 4.70. The molecule has 3 heteroatoms. The van der Waals surface area contributed by atoms with Crippen molar-refractivity contribution in [3.63, 3.8) is 0 Å². The van der Waals surface area contributed by atoms with Gasteiger partial charge in [0.2, 0.25) is 0 Å². The molecule has 0 saturated heterocycles. The molecule has 0 spiro atoms. The van der Waals surface area contributed by atoms with Crippen LogP contribution in [0.4, 0.5) is 0 Å². The first-order chi connectivity index (χ1) is 9.34. The molecule has 20 heavy (non-hydrogen) atoms. The summed E-state index contributed by atoms with van der Waals surface area (Å²) in [5.41, 5.74) is 2.33. The Balaban J connectivity index is 2.45. The molecule has 0 aliphatic heterocycles. The second kappa shape index (κ2) is 8.06. The Morgan fingerprint density at radius 1 is 1.20 bits per heavy atom. The minimum Gasteiger partial charge on any atom is -0.387 e. The van der Waals surface area contributed by atoms with Gasteiger partial charge in [0.15, 0.2) is 0 Å². The van der Waals surface area contributed by atoms with Crippen molar-refractivity contribution in [2.24, 2.45) is 5.92 Å². The van der Waals surface area contributed by atoms with Crippen LogP contribution in [0.3, 0.4) is 0 Å². The Hall–Kier alpha value is -0.510. The fraction of sp³-hybridized carbons (Fsp3) is 0.647. The van der Waals surface area contributed by atoms with Crippen LogP contribution in [0.25, 0.3) is 0 Å². The van der Waals surface area contributed by atoms with Gasteiger partial charge in [0.1, 0.15) is 0 Å². The Bertz CT molecular complexity index is 386. The zero-order chi connectivity index (χ0) is 15.2. The predicted molar refractivity (Wildman–Crippen MR) is 90.4 cm³/mol. The minimum absolute atomic E-state index is 0.209. The Labute approximate surface area is 128 Å². The molecule has 1 rings (SSSR count). The predicted octanol–water partition coefficient (Wildman–Crippen LogP) is 3.65. The summed E-state index contributed by atoms with van der Waals surface area (Å²) in [4.78, 5) is 0. The monoisotopic (exact) mass is 295 g/mol. The second-order valence-corrected chi connectivity index (χ2v) is 7.96. The summed E-state index contributed by atoms with van der Waals surface area (Å²) in [5.74, 6) is 0.668. The maximum Gasteiger partial charge on any atom is 0.0914 e. The lowest BCUT2D eigenvalue weighted by molar-refractivity contribution is 0.174. The van der Waals surface area contributed by atoms with Gasteiger partial charge < -0.3 is 10.4 Å². The van der Waals surface area contributed by atoms with Crippen LogP contribution in [0.15, 0.2) is 24.3 Å². The average molecular weight is 295 g/mol. The van der Waals surface area contributed by atoms with E-state index in [-0.39, 0.29) is 4.75 Å². The van der Waals surface area contributed by atoms with E-state index in [0.717, 1.165) is 18.5 Å². The highest BCUT2D eigenvalue weighted by Gasteiger charge is 2.16. The first kappa shape index (κ1) is 17.5. The fourth-order valence-electron chi connectivity index (χ4n) is 2.05. The van der Waals surface area contributed by atoms with Crippen molar-refractivity contribution in [1.29, 1.82) is 0 Å². The van der Waals surface area contributed by atoms with Crippen molar-refractivity contribution in [2.75, 3.05) is 19.3 Å². The zero-order valence-corrected chi connectivity index (χ0v) is 14.3. The largest absolute Gasteiger partial charge is 0.387 e. The van der Waals surface area contributed by atoms with E-state index in [0.29, 0.717) is 12.5 Å². The molecule has 0 saturated carbocycles. The number of benzene rings is 1. The number of rotatable bonds is 8. The highest BCUT2D eigenvalue weighted by molar-refractivity contribution is 7.99. The lowest BCUT2D eigenvalue weighted by atomic mass is 10.0. The van der Waals surface area contributed by atoms with Gasteiger partial charge in [0.25, 0.3) is 0 Å². The van der Waals surface area contributed by atoms with Crippen molar-refractivity contribution in [2.45, 2.75) is 45.0 Å². The number of hydrogen-bond acceptors (Lipinski definition) is 3. The summed E-state index contributed by atoms with van der Waals surface area (Å²) < 4.78 is 0.209. The van der Waals surface area contributed by atoms with Gasteiger partial charge in [-0.05, 0) is 43.6 Å². The number of nitrogens with one attached hydrogen (secondary N) is 1. The number of aliphatic hydroxyl groups excluding tert-OH is 1. The molecule has 0 heterocycles. The molecular weight excluding hydrogens is 266 g/mol. The molecule has 0 amide bonds. The summed E-state index contributed by atoms with van der Waals surface area (Å²) in [6.45, 7) is 10.4. The van der Waals surface area contributed by atoms with Crippen molar-refractivity contribution >= 4 is 11.8 Å². The van der Waals surface area contributed by atoms with Crippen LogP contribution in [-0.2, 0) is 6.42 Å². The maximum atomic E-state index is 10.2. The van der Waals surface area contributed by atoms with E-state index in [4.69, 9.17) is 0 Å². The molecule has 1 unspecified atom stereocenters. The van der Waals surface area contributed by atoms with Crippen LogP contribution in [0.2, 0.25) is 0 Å². The summed E-state index contributed by atoms with van der Waals surface area (Å²) >= 11 is 1.84. The quantitative estimate of drug-likeness (QED) is 0.768. The third kappa shape index (κ3) is 6.29. The normalized spacial score (nSPS) is 13.8. The smallest absolute Gasteiger partial charge is 0.0914 e. The summed E-state index contributed by atoms with van der Waals surface area (Å²) in [7, 11) is 0. The van der Waals surface area contributed by atoms with Crippen molar-refractivity contribution < 1.29 is 5.11 Å². The van der Waals surface area contributed by atoms with Gasteiger partial charge in [-0.2, -0.15) is 11.8 Å².